The number of imidazole rings is 1. The number of unbranched alkanes of at least 4 members (excludes halogenated alkanes) is 1. The maximum atomic E-state index is 5.97. The van der Waals surface area contributed by atoms with Crippen LogP contribution in [0.3, 0.4) is 0 Å². The fourth-order valence-electron chi connectivity index (χ4n) is 2.53. The number of aromatic nitrogens is 5. The zero-order valence-corrected chi connectivity index (χ0v) is 14.8. The SMILES string of the molecule is C#CCCCn1c(Sc2nc3ccccc3s2)nc2c(N)ncnc21. The number of nitrogens with two attached hydrogens (primary N) is 1. The first kappa shape index (κ1) is 15.9. The van der Waals surface area contributed by atoms with E-state index in [9.17, 15) is 0 Å². The van der Waals surface area contributed by atoms with Crippen molar-refractivity contribution in [2.45, 2.75) is 28.9 Å². The van der Waals surface area contributed by atoms with Crippen LogP contribution in [0.5, 0.6) is 0 Å². The van der Waals surface area contributed by atoms with E-state index >= 15 is 0 Å². The second-order valence-corrected chi connectivity index (χ2v) is 7.58. The summed E-state index contributed by atoms with van der Waals surface area (Å²) in [6.45, 7) is 0.727. The van der Waals surface area contributed by atoms with Crippen LogP contribution in [0.2, 0.25) is 0 Å². The second kappa shape index (κ2) is 6.70. The first-order valence-electron chi connectivity index (χ1n) is 7.70. The first-order chi connectivity index (χ1) is 12.3. The van der Waals surface area contributed by atoms with Crippen molar-refractivity contribution in [3.05, 3.63) is 30.6 Å². The Bertz CT molecular complexity index is 1060. The number of hydrogen-bond donors (Lipinski definition) is 1. The molecule has 2 N–H and O–H groups in total. The van der Waals surface area contributed by atoms with E-state index in [2.05, 4.69) is 31.9 Å². The van der Waals surface area contributed by atoms with E-state index in [0.29, 0.717) is 17.8 Å². The van der Waals surface area contributed by atoms with Crippen LogP contribution < -0.4 is 5.73 Å². The predicted octanol–water partition coefficient (Wildman–Crippen LogP) is 3.58. The number of terminal acetylenes is 1. The molecule has 4 aromatic rings. The number of fused-ring (bicyclic) bond motifs is 2. The molecular weight excluding hydrogens is 352 g/mol. The molecule has 0 bridgehead atoms. The van der Waals surface area contributed by atoms with Gasteiger partial charge in [0.25, 0.3) is 0 Å². The molecule has 6 nitrogen and oxygen atoms in total. The zero-order chi connectivity index (χ0) is 17.2. The Labute approximate surface area is 152 Å². The number of nitrogens with zero attached hydrogens (tertiary/aromatic N) is 5. The Morgan fingerprint density at radius 2 is 2.12 bits per heavy atom. The molecule has 25 heavy (non-hydrogen) atoms. The van der Waals surface area contributed by atoms with Crippen molar-refractivity contribution in [2.24, 2.45) is 0 Å². The summed E-state index contributed by atoms with van der Waals surface area (Å²) in [5.41, 5.74) is 8.30. The predicted molar refractivity (Wildman–Crippen MR) is 102 cm³/mol. The van der Waals surface area contributed by atoms with Gasteiger partial charge in [-0.2, -0.15) is 0 Å². The number of nitrogen functional groups attached to an aromatic ring is 1. The Morgan fingerprint density at radius 3 is 2.96 bits per heavy atom. The maximum Gasteiger partial charge on any atom is 0.177 e. The van der Waals surface area contributed by atoms with E-state index in [4.69, 9.17) is 12.2 Å². The smallest absolute Gasteiger partial charge is 0.177 e. The summed E-state index contributed by atoms with van der Waals surface area (Å²) in [6, 6.07) is 8.08. The summed E-state index contributed by atoms with van der Waals surface area (Å²) < 4.78 is 4.13. The Kier molecular flexibility index (Phi) is 4.26. The quantitative estimate of drug-likeness (QED) is 0.429. The van der Waals surface area contributed by atoms with Gasteiger partial charge in [-0.15, -0.1) is 23.7 Å². The third kappa shape index (κ3) is 3.04. The number of hydrogen-bond acceptors (Lipinski definition) is 7. The molecule has 3 aromatic heterocycles. The normalized spacial score (nSPS) is 11.2. The molecule has 0 spiro atoms. The summed E-state index contributed by atoms with van der Waals surface area (Å²) in [6.07, 6.45) is 8.38. The number of rotatable bonds is 5. The highest BCUT2D eigenvalue weighted by molar-refractivity contribution is 8.01. The lowest BCUT2D eigenvalue weighted by molar-refractivity contribution is 0.615. The monoisotopic (exact) mass is 366 g/mol. The van der Waals surface area contributed by atoms with Crippen LogP contribution in [0.25, 0.3) is 21.4 Å². The van der Waals surface area contributed by atoms with Crippen LogP contribution in [0.1, 0.15) is 12.8 Å². The van der Waals surface area contributed by atoms with E-state index in [1.165, 1.54) is 18.1 Å². The van der Waals surface area contributed by atoms with Gasteiger partial charge in [0.05, 0.1) is 10.2 Å². The fraction of sp³-hybridized carbons (Fsp3) is 0.176. The molecule has 0 atom stereocenters. The molecule has 0 amide bonds. The fourth-order valence-corrected chi connectivity index (χ4v) is 4.61. The van der Waals surface area contributed by atoms with E-state index < -0.39 is 0 Å². The van der Waals surface area contributed by atoms with Crippen molar-refractivity contribution >= 4 is 50.3 Å². The maximum absolute atomic E-state index is 5.97. The Balaban J connectivity index is 1.75. The lowest BCUT2D eigenvalue weighted by atomic mass is 10.3. The molecule has 0 radical (unpaired) electrons. The van der Waals surface area contributed by atoms with Crippen molar-refractivity contribution in [2.75, 3.05) is 5.73 Å². The van der Waals surface area contributed by atoms with E-state index in [1.54, 1.807) is 11.3 Å². The lowest BCUT2D eigenvalue weighted by Gasteiger charge is -2.05. The lowest BCUT2D eigenvalue weighted by Crippen LogP contribution is -2.01. The van der Waals surface area contributed by atoms with Gasteiger partial charge in [-0.05, 0) is 30.3 Å². The van der Waals surface area contributed by atoms with Crippen LogP contribution >= 0.6 is 23.1 Å². The van der Waals surface area contributed by atoms with Gasteiger partial charge >= 0.3 is 0 Å². The van der Waals surface area contributed by atoms with Crippen molar-refractivity contribution in [1.82, 2.24) is 24.5 Å². The highest BCUT2D eigenvalue weighted by Gasteiger charge is 2.17. The van der Waals surface area contributed by atoms with Gasteiger partial charge in [-0.25, -0.2) is 19.9 Å². The van der Waals surface area contributed by atoms with Gasteiger partial charge in [0.2, 0.25) is 0 Å². The Hall–Kier alpha value is -2.63. The number of benzene rings is 1. The van der Waals surface area contributed by atoms with Gasteiger partial charge in [-0.1, -0.05) is 12.1 Å². The molecule has 4 rings (SSSR count). The molecule has 0 aliphatic heterocycles. The second-order valence-electron chi connectivity index (χ2n) is 5.33. The van der Waals surface area contributed by atoms with Crippen LogP contribution in [0, 0.1) is 12.3 Å². The van der Waals surface area contributed by atoms with Gasteiger partial charge in [0.15, 0.2) is 26.5 Å². The molecule has 0 aliphatic rings. The molecule has 0 unspecified atom stereocenters. The third-order valence-corrected chi connectivity index (χ3v) is 5.77. The Morgan fingerprint density at radius 1 is 1.24 bits per heavy atom. The summed E-state index contributed by atoms with van der Waals surface area (Å²) in [4.78, 5) is 17.7. The molecule has 0 aliphatic carbocycles. The van der Waals surface area contributed by atoms with E-state index in [-0.39, 0.29) is 0 Å². The summed E-state index contributed by atoms with van der Waals surface area (Å²) in [5, 5.41) is 0.804. The van der Waals surface area contributed by atoms with Gasteiger partial charge < -0.3 is 10.3 Å². The number of anilines is 1. The highest BCUT2D eigenvalue weighted by atomic mass is 32.2. The van der Waals surface area contributed by atoms with Crippen LogP contribution in [0.15, 0.2) is 40.1 Å². The highest BCUT2D eigenvalue weighted by Crippen LogP contribution is 2.35. The third-order valence-electron chi connectivity index (χ3n) is 3.68. The minimum atomic E-state index is 0.381. The van der Waals surface area contributed by atoms with Crippen LogP contribution in [0.4, 0.5) is 5.82 Å². The zero-order valence-electron chi connectivity index (χ0n) is 13.2. The average Bonchev–Trinajstić information content (AvgIpc) is 3.17. The molecule has 1 aromatic carbocycles. The van der Waals surface area contributed by atoms with Crippen molar-refractivity contribution in [3.63, 3.8) is 0 Å². The van der Waals surface area contributed by atoms with Crippen molar-refractivity contribution in [1.29, 1.82) is 0 Å². The average molecular weight is 366 g/mol. The standard InChI is InChI=1S/C17H14N6S2/c1-2-3-6-9-23-15-13(14(18)19-10-20-15)22-16(23)25-17-21-11-7-4-5-8-12(11)24-17/h1,4-5,7-8,10H,3,6,9H2,(H2,18,19,20). The molecule has 3 heterocycles. The minimum Gasteiger partial charge on any atom is -0.382 e. The van der Waals surface area contributed by atoms with Gasteiger partial charge in [-0.3, -0.25) is 0 Å². The number of aryl methyl sites for hydroxylation is 1. The van der Waals surface area contributed by atoms with Crippen molar-refractivity contribution < 1.29 is 0 Å². The molecule has 8 heteroatoms. The van der Waals surface area contributed by atoms with Gasteiger partial charge in [0.1, 0.15) is 6.33 Å². The first-order valence-corrected chi connectivity index (χ1v) is 9.33. The van der Waals surface area contributed by atoms with E-state index in [0.717, 1.165) is 38.3 Å². The largest absolute Gasteiger partial charge is 0.382 e. The summed E-state index contributed by atoms with van der Waals surface area (Å²) >= 11 is 3.16. The molecule has 0 saturated carbocycles. The number of para-hydroxylation sites is 1. The number of thiazole rings is 1. The van der Waals surface area contributed by atoms with Gasteiger partial charge in [0, 0.05) is 13.0 Å². The van der Waals surface area contributed by atoms with Crippen LogP contribution in [-0.4, -0.2) is 24.5 Å². The molecule has 124 valence electrons. The summed E-state index contributed by atoms with van der Waals surface area (Å²) in [5.74, 6) is 3.05. The topological polar surface area (TPSA) is 82.5 Å². The van der Waals surface area contributed by atoms with E-state index in [1.807, 2.05) is 22.8 Å². The van der Waals surface area contributed by atoms with Crippen LogP contribution in [-0.2, 0) is 6.54 Å². The molecule has 0 saturated heterocycles. The minimum absolute atomic E-state index is 0.381. The molecule has 0 fully saturated rings. The molecular formula is C17H14N6S2. The van der Waals surface area contributed by atoms with Crippen molar-refractivity contribution in [3.8, 4) is 12.3 Å². The summed E-state index contributed by atoms with van der Waals surface area (Å²) in [7, 11) is 0.